The van der Waals surface area contributed by atoms with Crippen LogP contribution < -0.4 is 10.00 Å². The van der Waals surface area contributed by atoms with Crippen molar-refractivity contribution in [1.82, 2.24) is 9.81 Å². The van der Waals surface area contributed by atoms with E-state index >= 15 is 0 Å². The van der Waals surface area contributed by atoms with E-state index in [0.29, 0.717) is 17.5 Å². The van der Waals surface area contributed by atoms with Crippen molar-refractivity contribution < 1.29 is 19.4 Å². The summed E-state index contributed by atoms with van der Waals surface area (Å²) in [5, 5.41) is 11.4. The molecule has 0 spiro atoms. The van der Waals surface area contributed by atoms with Gasteiger partial charge in [0.05, 0.1) is 4.49 Å². The molecular weight excluding hydrogens is 230 g/mol. The second kappa shape index (κ2) is 4.56. The maximum absolute atomic E-state index is 11.6. The molecule has 0 aromatic carbocycles. The number of rotatable bonds is 5. The topological polar surface area (TPSA) is 83.2 Å². The van der Waals surface area contributed by atoms with Crippen LogP contribution in [0, 0.1) is 0 Å². The van der Waals surface area contributed by atoms with Gasteiger partial charge in [-0.25, -0.2) is 0 Å². The van der Waals surface area contributed by atoms with E-state index in [4.69, 9.17) is 5.11 Å². The molecular formula is C9H12N3O3S+. The highest BCUT2D eigenvalue weighted by atomic mass is 32.1. The van der Waals surface area contributed by atoms with Crippen molar-refractivity contribution in [3.05, 3.63) is 11.1 Å². The third kappa shape index (κ3) is 2.99. The minimum atomic E-state index is -0.871. The highest BCUT2D eigenvalue weighted by Crippen LogP contribution is 2.19. The molecule has 6 nitrogen and oxygen atoms in total. The van der Waals surface area contributed by atoms with Gasteiger partial charge in [0.1, 0.15) is 6.42 Å². The van der Waals surface area contributed by atoms with Gasteiger partial charge in [0.2, 0.25) is 6.20 Å². The van der Waals surface area contributed by atoms with Gasteiger partial charge < -0.3 is 10.4 Å². The summed E-state index contributed by atoms with van der Waals surface area (Å²) in [6.07, 6.45) is 3.69. The minimum Gasteiger partial charge on any atom is -0.481 e. The molecule has 0 bridgehead atoms. The second-order valence-corrected chi connectivity index (χ2v) is 4.51. The van der Waals surface area contributed by atoms with Gasteiger partial charge in [-0.1, -0.05) is 4.68 Å². The third-order valence-electron chi connectivity index (χ3n) is 2.20. The molecule has 0 saturated heterocycles. The molecule has 86 valence electrons. The standard InChI is InChI=1S/C9H11N3O3S/c13-8(14)3-4-12-5-7(16-11-12)9(15)10-6-1-2-6/h5-6H,1-4H2,(H-,10,13,14,15)/p+1. The van der Waals surface area contributed by atoms with Crippen molar-refractivity contribution in [2.45, 2.75) is 31.8 Å². The summed E-state index contributed by atoms with van der Waals surface area (Å²) in [6.45, 7) is 0.294. The van der Waals surface area contributed by atoms with Crippen molar-refractivity contribution in [1.29, 1.82) is 0 Å². The minimum absolute atomic E-state index is 0.0120. The second-order valence-electron chi connectivity index (χ2n) is 3.72. The van der Waals surface area contributed by atoms with Crippen molar-refractivity contribution in [3.63, 3.8) is 0 Å². The number of aliphatic carboxylic acids is 1. The monoisotopic (exact) mass is 242 g/mol. The van der Waals surface area contributed by atoms with Crippen LogP contribution in [0.1, 0.15) is 28.9 Å². The zero-order valence-corrected chi connectivity index (χ0v) is 9.37. The van der Waals surface area contributed by atoms with Gasteiger partial charge in [0.25, 0.3) is 5.91 Å². The van der Waals surface area contributed by atoms with Crippen LogP contribution in [0.2, 0.25) is 0 Å². The largest absolute Gasteiger partial charge is 0.481 e. The molecule has 16 heavy (non-hydrogen) atoms. The summed E-state index contributed by atoms with van der Waals surface area (Å²) in [7, 11) is 0. The van der Waals surface area contributed by atoms with Gasteiger partial charge in [-0.05, 0) is 12.8 Å². The fraction of sp³-hybridized carbons (Fsp3) is 0.556. The van der Waals surface area contributed by atoms with E-state index in [1.54, 1.807) is 6.20 Å². The van der Waals surface area contributed by atoms with Crippen molar-refractivity contribution in [2.75, 3.05) is 0 Å². The number of carboxylic acid groups (broad SMARTS) is 1. The van der Waals surface area contributed by atoms with Crippen LogP contribution in [0.4, 0.5) is 0 Å². The lowest BCUT2D eigenvalue weighted by Gasteiger charge is -1.95. The van der Waals surface area contributed by atoms with Crippen LogP contribution in [0.3, 0.4) is 0 Å². The summed E-state index contributed by atoms with van der Waals surface area (Å²) in [5.41, 5.74) is 0. The van der Waals surface area contributed by atoms with Crippen molar-refractivity contribution in [3.8, 4) is 0 Å². The highest BCUT2D eigenvalue weighted by molar-refractivity contribution is 7.07. The van der Waals surface area contributed by atoms with Crippen LogP contribution in [0.15, 0.2) is 6.20 Å². The number of carbonyl (C=O) groups is 2. The zero-order chi connectivity index (χ0) is 11.5. The molecule has 1 aromatic heterocycles. The number of aryl methyl sites for hydroxylation is 1. The lowest BCUT2D eigenvalue weighted by atomic mass is 10.4. The number of aromatic nitrogens is 2. The molecule has 1 heterocycles. The molecule has 1 fully saturated rings. The van der Waals surface area contributed by atoms with E-state index in [2.05, 4.69) is 9.81 Å². The Labute approximate surface area is 96.0 Å². The summed E-state index contributed by atoms with van der Waals surface area (Å²) in [4.78, 5) is 22.5. The fourth-order valence-electron chi connectivity index (χ4n) is 1.18. The predicted octanol–water partition coefficient (Wildman–Crippen LogP) is -0.203. The van der Waals surface area contributed by atoms with E-state index in [9.17, 15) is 9.59 Å². The van der Waals surface area contributed by atoms with Crippen LogP contribution in [-0.4, -0.2) is 27.5 Å². The Morgan fingerprint density at radius 1 is 1.62 bits per heavy atom. The predicted molar refractivity (Wildman–Crippen MR) is 55.1 cm³/mol. The molecule has 1 amide bonds. The Balaban J connectivity index is 1.90. The normalized spacial score (nSPS) is 14.8. The molecule has 0 unspecified atom stereocenters. The van der Waals surface area contributed by atoms with E-state index in [-0.39, 0.29) is 12.3 Å². The maximum Gasteiger partial charge on any atom is 0.309 e. The quantitative estimate of drug-likeness (QED) is 0.700. The first kappa shape index (κ1) is 11.0. The average Bonchev–Trinajstić information content (AvgIpc) is 2.92. The Bertz CT molecular complexity index is 414. The molecule has 1 saturated carbocycles. The van der Waals surface area contributed by atoms with E-state index in [0.717, 1.165) is 24.4 Å². The number of amides is 1. The Kier molecular flexibility index (Phi) is 3.14. The van der Waals surface area contributed by atoms with Crippen molar-refractivity contribution in [2.24, 2.45) is 0 Å². The lowest BCUT2D eigenvalue weighted by molar-refractivity contribution is -0.745. The summed E-state index contributed by atoms with van der Waals surface area (Å²) in [6, 6.07) is 0.321. The molecule has 0 aliphatic heterocycles. The van der Waals surface area contributed by atoms with E-state index in [1.165, 1.54) is 4.68 Å². The first-order chi connectivity index (χ1) is 7.65. The molecule has 0 radical (unpaired) electrons. The number of nitrogens with zero attached hydrogens (tertiary/aromatic N) is 2. The van der Waals surface area contributed by atoms with Gasteiger partial charge >= 0.3 is 5.97 Å². The Hall–Kier alpha value is -1.50. The smallest absolute Gasteiger partial charge is 0.309 e. The Morgan fingerprint density at radius 2 is 2.38 bits per heavy atom. The molecule has 2 rings (SSSR count). The first-order valence-electron chi connectivity index (χ1n) is 5.04. The molecule has 1 aliphatic rings. The number of nitrogens with one attached hydrogen (secondary N) is 1. The fourth-order valence-corrected chi connectivity index (χ4v) is 1.81. The van der Waals surface area contributed by atoms with Crippen LogP contribution >= 0.6 is 11.5 Å². The van der Waals surface area contributed by atoms with Crippen LogP contribution in [-0.2, 0) is 11.3 Å². The molecule has 7 heteroatoms. The summed E-state index contributed by atoms with van der Waals surface area (Å²) < 4.78 is 5.46. The summed E-state index contributed by atoms with van der Waals surface area (Å²) >= 11 is 1.09. The maximum atomic E-state index is 11.6. The van der Waals surface area contributed by atoms with Gasteiger partial charge in [0.15, 0.2) is 11.4 Å². The molecule has 2 N–H and O–H groups in total. The van der Waals surface area contributed by atoms with E-state index < -0.39 is 5.97 Å². The first-order valence-corrected chi connectivity index (χ1v) is 5.81. The van der Waals surface area contributed by atoms with Gasteiger partial charge in [-0.2, -0.15) is 0 Å². The third-order valence-corrected chi connectivity index (χ3v) is 2.98. The van der Waals surface area contributed by atoms with Gasteiger partial charge in [-0.3, -0.25) is 9.59 Å². The van der Waals surface area contributed by atoms with Gasteiger partial charge in [0, 0.05) is 17.6 Å². The van der Waals surface area contributed by atoms with Crippen molar-refractivity contribution >= 4 is 23.4 Å². The number of hydrogen-bond donors (Lipinski definition) is 2. The summed E-state index contributed by atoms with van der Waals surface area (Å²) in [5.74, 6) is -0.987. The molecule has 1 aromatic rings. The lowest BCUT2D eigenvalue weighted by Crippen LogP contribution is -2.36. The molecule has 1 aliphatic carbocycles. The zero-order valence-electron chi connectivity index (χ0n) is 8.55. The molecule has 0 atom stereocenters. The average molecular weight is 242 g/mol. The number of carboxylic acids is 1. The van der Waals surface area contributed by atoms with E-state index in [1.807, 2.05) is 0 Å². The highest BCUT2D eigenvalue weighted by Gasteiger charge is 2.26. The van der Waals surface area contributed by atoms with Crippen LogP contribution in [0.5, 0.6) is 0 Å². The SMILES string of the molecule is O=C(O)CC[n+]1cc(C(=O)NC2CC2)sn1. The Morgan fingerprint density at radius 3 is 3.00 bits per heavy atom. The van der Waals surface area contributed by atoms with Gasteiger partial charge in [-0.15, -0.1) is 0 Å². The number of carbonyl (C=O) groups excluding carboxylic acids is 1. The number of hydrogen-bond acceptors (Lipinski definition) is 4. The van der Waals surface area contributed by atoms with Crippen LogP contribution in [0.25, 0.3) is 0 Å².